The van der Waals surface area contributed by atoms with Gasteiger partial charge in [0.05, 0.1) is 0 Å². The molecule has 0 saturated carbocycles. The van der Waals surface area contributed by atoms with Crippen LogP contribution in [0.25, 0.3) is 0 Å². The van der Waals surface area contributed by atoms with E-state index >= 15 is 0 Å². The third-order valence-corrected chi connectivity index (χ3v) is 4.34. The van der Waals surface area contributed by atoms with Gasteiger partial charge >= 0.3 is 6.09 Å². The van der Waals surface area contributed by atoms with Gasteiger partial charge in [0.2, 0.25) is 0 Å². The Morgan fingerprint density at radius 1 is 1.38 bits per heavy atom. The molecule has 0 spiro atoms. The zero-order chi connectivity index (χ0) is 18.1. The molecule has 0 radical (unpaired) electrons. The summed E-state index contributed by atoms with van der Waals surface area (Å²) < 4.78 is 19.0. The molecular formula is C16H22Cl2FN3O2. The summed E-state index contributed by atoms with van der Waals surface area (Å²) in [5.41, 5.74) is 0.0634. The van der Waals surface area contributed by atoms with Crippen LogP contribution < -0.4 is 0 Å². The van der Waals surface area contributed by atoms with Crippen molar-refractivity contribution in [3.63, 3.8) is 0 Å². The lowest BCUT2D eigenvalue weighted by Gasteiger charge is -2.40. The van der Waals surface area contributed by atoms with Crippen LogP contribution in [0.4, 0.5) is 9.18 Å². The highest BCUT2D eigenvalue weighted by molar-refractivity contribution is 6.32. The molecule has 0 N–H and O–H groups in total. The smallest absolute Gasteiger partial charge is 0.410 e. The SMILES string of the molecule is C[C@H]1CN(C(=O)OC(C)(C)C)CCN1Cc1cc(F)c(Cl)nc1Cl. The van der Waals surface area contributed by atoms with Gasteiger partial charge in [-0.25, -0.2) is 14.2 Å². The molecule has 1 aromatic rings. The molecule has 8 heteroatoms. The molecule has 2 heterocycles. The van der Waals surface area contributed by atoms with Crippen LogP contribution in [0, 0.1) is 5.82 Å². The van der Waals surface area contributed by atoms with E-state index in [1.165, 1.54) is 6.07 Å². The van der Waals surface area contributed by atoms with Crippen LogP contribution in [0.3, 0.4) is 0 Å². The zero-order valence-corrected chi connectivity index (χ0v) is 15.8. The van der Waals surface area contributed by atoms with E-state index in [0.29, 0.717) is 31.7 Å². The van der Waals surface area contributed by atoms with Gasteiger partial charge in [0.25, 0.3) is 0 Å². The zero-order valence-electron chi connectivity index (χ0n) is 14.3. The van der Waals surface area contributed by atoms with Gasteiger partial charge in [-0.3, -0.25) is 4.90 Å². The number of ether oxygens (including phenoxy) is 1. The van der Waals surface area contributed by atoms with Gasteiger partial charge in [-0.2, -0.15) is 0 Å². The van der Waals surface area contributed by atoms with Gasteiger partial charge in [-0.05, 0) is 33.8 Å². The highest BCUT2D eigenvalue weighted by Gasteiger charge is 2.30. The van der Waals surface area contributed by atoms with Gasteiger partial charge in [-0.1, -0.05) is 23.2 Å². The van der Waals surface area contributed by atoms with Gasteiger partial charge in [0.1, 0.15) is 10.8 Å². The first-order valence-corrected chi connectivity index (χ1v) is 8.55. The number of pyridine rings is 1. The molecule has 1 fully saturated rings. The van der Waals surface area contributed by atoms with E-state index in [-0.39, 0.29) is 22.4 Å². The topological polar surface area (TPSA) is 45.7 Å². The van der Waals surface area contributed by atoms with Crippen molar-refractivity contribution in [2.24, 2.45) is 0 Å². The Balaban J connectivity index is 1.99. The van der Waals surface area contributed by atoms with Crippen LogP contribution in [-0.2, 0) is 11.3 Å². The Morgan fingerprint density at radius 3 is 2.62 bits per heavy atom. The molecule has 134 valence electrons. The quantitative estimate of drug-likeness (QED) is 0.731. The van der Waals surface area contributed by atoms with E-state index in [9.17, 15) is 9.18 Å². The van der Waals surface area contributed by atoms with Crippen molar-refractivity contribution in [2.45, 2.75) is 45.9 Å². The molecule has 1 aliphatic rings. The van der Waals surface area contributed by atoms with Crippen molar-refractivity contribution in [2.75, 3.05) is 19.6 Å². The number of carbonyl (C=O) groups excluding carboxylic acids is 1. The highest BCUT2D eigenvalue weighted by atomic mass is 35.5. The van der Waals surface area contributed by atoms with E-state index in [1.807, 2.05) is 27.7 Å². The summed E-state index contributed by atoms with van der Waals surface area (Å²) in [5.74, 6) is -0.587. The van der Waals surface area contributed by atoms with E-state index in [1.54, 1.807) is 4.90 Å². The normalized spacial score (nSPS) is 19.5. The van der Waals surface area contributed by atoms with E-state index in [2.05, 4.69) is 9.88 Å². The Hall–Kier alpha value is -1.11. The van der Waals surface area contributed by atoms with Crippen molar-refractivity contribution in [3.8, 4) is 0 Å². The third kappa shape index (κ3) is 4.94. The summed E-state index contributed by atoms with van der Waals surface area (Å²) in [7, 11) is 0. The maximum Gasteiger partial charge on any atom is 0.410 e. The molecule has 1 aromatic heterocycles. The molecule has 5 nitrogen and oxygen atoms in total. The first-order valence-electron chi connectivity index (χ1n) is 7.79. The van der Waals surface area contributed by atoms with Gasteiger partial charge in [-0.15, -0.1) is 0 Å². The van der Waals surface area contributed by atoms with Crippen LogP contribution in [0.15, 0.2) is 6.07 Å². The van der Waals surface area contributed by atoms with Crippen molar-refractivity contribution in [1.29, 1.82) is 0 Å². The molecule has 1 amide bonds. The van der Waals surface area contributed by atoms with Gasteiger partial charge < -0.3 is 9.64 Å². The first-order chi connectivity index (χ1) is 11.1. The lowest BCUT2D eigenvalue weighted by Crippen LogP contribution is -2.54. The van der Waals surface area contributed by atoms with E-state index in [0.717, 1.165) is 0 Å². The second-order valence-corrected chi connectivity index (χ2v) is 7.67. The summed E-state index contributed by atoms with van der Waals surface area (Å²) in [6, 6.07) is 1.39. The number of piperazine rings is 1. The lowest BCUT2D eigenvalue weighted by molar-refractivity contribution is 0.00459. The summed E-state index contributed by atoms with van der Waals surface area (Å²) in [5, 5.41) is -0.0327. The number of rotatable bonds is 2. The Bertz CT molecular complexity index is 622. The van der Waals surface area contributed by atoms with Crippen LogP contribution in [0.5, 0.6) is 0 Å². The fourth-order valence-corrected chi connectivity index (χ4v) is 2.92. The van der Waals surface area contributed by atoms with Crippen LogP contribution >= 0.6 is 23.2 Å². The second-order valence-electron chi connectivity index (χ2n) is 6.96. The Labute approximate surface area is 151 Å². The molecule has 1 saturated heterocycles. The van der Waals surface area contributed by atoms with E-state index < -0.39 is 11.4 Å². The largest absolute Gasteiger partial charge is 0.444 e. The molecule has 2 rings (SSSR count). The molecular weight excluding hydrogens is 356 g/mol. The number of hydrogen-bond donors (Lipinski definition) is 0. The molecule has 0 bridgehead atoms. The molecule has 1 atom stereocenters. The molecule has 0 unspecified atom stereocenters. The van der Waals surface area contributed by atoms with Crippen molar-refractivity contribution >= 4 is 29.3 Å². The lowest BCUT2D eigenvalue weighted by atomic mass is 10.1. The van der Waals surface area contributed by atoms with Crippen molar-refractivity contribution in [3.05, 3.63) is 27.8 Å². The fraction of sp³-hybridized carbons (Fsp3) is 0.625. The van der Waals surface area contributed by atoms with Crippen molar-refractivity contribution < 1.29 is 13.9 Å². The second kappa shape index (κ2) is 7.42. The monoisotopic (exact) mass is 377 g/mol. The molecule has 0 aliphatic carbocycles. The summed E-state index contributed by atoms with van der Waals surface area (Å²) >= 11 is 11.7. The summed E-state index contributed by atoms with van der Waals surface area (Å²) in [4.78, 5) is 19.8. The summed E-state index contributed by atoms with van der Waals surface area (Å²) in [6.45, 7) is 9.70. The standard InChI is InChI=1S/C16H22Cl2FN3O2/c1-10-8-22(15(23)24-16(2,3)4)6-5-21(10)9-11-7-12(19)14(18)20-13(11)17/h7,10H,5-6,8-9H2,1-4H3/t10-/m0/s1. The number of nitrogens with zero attached hydrogens (tertiary/aromatic N) is 3. The third-order valence-electron chi connectivity index (χ3n) is 3.75. The predicted octanol–water partition coefficient (Wildman–Crippen LogP) is 3.97. The average Bonchev–Trinajstić information content (AvgIpc) is 2.44. The molecule has 24 heavy (non-hydrogen) atoms. The maximum atomic E-state index is 13.6. The highest BCUT2D eigenvalue weighted by Crippen LogP contribution is 2.23. The Morgan fingerprint density at radius 2 is 2.04 bits per heavy atom. The number of halogens is 3. The minimum atomic E-state index is -0.587. The average molecular weight is 378 g/mol. The van der Waals surface area contributed by atoms with Gasteiger partial charge in [0.15, 0.2) is 11.0 Å². The molecule has 1 aliphatic heterocycles. The van der Waals surface area contributed by atoms with Crippen LogP contribution in [0.2, 0.25) is 10.3 Å². The first kappa shape index (κ1) is 19.2. The number of amides is 1. The fourth-order valence-electron chi connectivity index (χ4n) is 2.54. The number of carbonyl (C=O) groups is 1. The maximum absolute atomic E-state index is 13.6. The van der Waals surface area contributed by atoms with Crippen molar-refractivity contribution in [1.82, 2.24) is 14.8 Å². The minimum absolute atomic E-state index is 0.0843. The molecule has 0 aromatic carbocycles. The minimum Gasteiger partial charge on any atom is -0.444 e. The van der Waals surface area contributed by atoms with Gasteiger partial charge in [0, 0.05) is 37.8 Å². The number of hydrogen-bond acceptors (Lipinski definition) is 4. The van der Waals surface area contributed by atoms with Crippen LogP contribution in [0.1, 0.15) is 33.3 Å². The van der Waals surface area contributed by atoms with E-state index in [4.69, 9.17) is 27.9 Å². The number of aromatic nitrogens is 1. The van der Waals surface area contributed by atoms with Crippen LogP contribution in [-0.4, -0.2) is 52.2 Å². The predicted molar refractivity (Wildman–Crippen MR) is 91.9 cm³/mol. The summed E-state index contributed by atoms with van der Waals surface area (Å²) in [6.07, 6.45) is -0.314. The Kier molecular flexibility index (Phi) is 5.94.